The van der Waals surface area contributed by atoms with Gasteiger partial charge in [0, 0.05) is 13.0 Å². The van der Waals surface area contributed by atoms with Crippen LogP contribution in [-0.4, -0.2) is 61.4 Å². The van der Waals surface area contributed by atoms with Gasteiger partial charge in [-0.3, -0.25) is 9.59 Å². The minimum atomic E-state index is -0.0624. The van der Waals surface area contributed by atoms with Crippen molar-refractivity contribution in [1.29, 1.82) is 0 Å². The summed E-state index contributed by atoms with van der Waals surface area (Å²) in [6, 6.07) is 0. The van der Waals surface area contributed by atoms with Crippen molar-refractivity contribution in [3.05, 3.63) is 0 Å². The van der Waals surface area contributed by atoms with Gasteiger partial charge >= 0.3 is 11.9 Å². The number of rotatable bonds is 35. The molecule has 0 radical (unpaired) electrons. The lowest BCUT2D eigenvalue weighted by molar-refractivity contribution is -0.149. The summed E-state index contributed by atoms with van der Waals surface area (Å²) in [6.07, 6.45) is 26.7. The van der Waals surface area contributed by atoms with E-state index >= 15 is 0 Å². The van der Waals surface area contributed by atoms with E-state index in [1.165, 1.54) is 70.6 Å². The molecule has 0 aromatic heterocycles. The van der Waals surface area contributed by atoms with E-state index in [0.717, 1.165) is 96.1 Å². The van der Waals surface area contributed by atoms with Crippen molar-refractivity contribution in [2.45, 2.75) is 189 Å². The monoisotopic (exact) mass is 654 g/mol. The molecule has 46 heavy (non-hydrogen) atoms. The fourth-order valence-electron chi connectivity index (χ4n) is 6.17. The standard InChI is InChI=1S/C40H79NO5/c1-6-8-10-12-13-18-27-38(26-17-11-9-7-2)40(44)46-34-22-15-14-20-30-41(32-33-42)31-21-16-19-28-39(43)45-35-29-37(5)25-23-24-36(3)4/h36-38,42H,6-35H2,1-5H3. The minimum absolute atomic E-state index is 0.0366. The highest BCUT2D eigenvalue weighted by Crippen LogP contribution is 2.21. The maximum absolute atomic E-state index is 12.8. The van der Waals surface area contributed by atoms with Crippen LogP contribution in [0.2, 0.25) is 0 Å². The third-order valence-electron chi connectivity index (χ3n) is 9.38. The number of nitrogens with zero attached hydrogens (tertiary/aromatic N) is 1. The van der Waals surface area contributed by atoms with Crippen molar-refractivity contribution in [3.63, 3.8) is 0 Å². The van der Waals surface area contributed by atoms with Gasteiger partial charge in [0.2, 0.25) is 0 Å². The fourth-order valence-corrected chi connectivity index (χ4v) is 6.17. The van der Waals surface area contributed by atoms with Crippen LogP contribution in [-0.2, 0) is 19.1 Å². The maximum atomic E-state index is 12.8. The molecule has 0 saturated carbocycles. The molecular formula is C40H79NO5. The van der Waals surface area contributed by atoms with Gasteiger partial charge in [-0.2, -0.15) is 0 Å². The van der Waals surface area contributed by atoms with E-state index in [1.54, 1.807) is 0 Å². The Hall–Kier alpha value is -1.14. The first-order valence-corrected chi connectivity index (χ1v) is 20.0. The van der Waals surface area contributed by atoms with E-state index in [9.17, 15) is 14.7 Å². The molecule has 274 valence electrons. The van der Waals surface area contributed by atoms with Crippen molar-refractivity contribution >= 4 is 11.9 Å². The second kappa shape index (κ2) is 33.7. The van der Waals surface area contributed by atoms with Crippen LogP contribution in [0.1, 0.15) is 189 Å². The number of hydrogen-bond acceptors (Lipinski definition) is 6. The van der Waals surface area contributed by atoms with Gasteiger partial charge in [0.1, 0.15) is 0 Å². The number of aliphatic hydroxyl groups excluding tert-OH is 1. The Morgan fingerprint density at radius 2 is 1.13 bits per heavy atom. The van der Waals surface area contributed by atoms with E-state index in [1.807, 2.05) is 0 Å². The zero-order chi connectivity index (χ0) is 34.1. The van der Waals surface area contributed by atoms with Crippen LogP contribution >= 0.6 is 0 Å². The van der Waals surface area contributed by atoms with Crippen LogP contribution in [0, 0.1) is 17.8 Å². The van der Waals surface area contributed by atoms with Crippen LogP contribution in [0.3, 0.4) is 0 Å². The van der Waals surface area contributed by atoms with Gasteiger partial charge in [-0.05, 0) is 69.9 Å². The smallest absolute Gasteiger partial charge is 0.308 e. The Balaban J connectivity index is 4.02. The predicted molar refractivity (Wildman–Crippen MR) is 195 cm³/mol. The van der Waals surface area contributed by atoms with Gasteiger partial charge < -0.3 is 19.5 Å². The van der Waals surface area contributed by atoms with Crippen LogP contribution < -0.4 is 0 Å². The molecule has 2 unspecified atom stereocenters. The van der Waals surface area contributed by atoms with E-state index in [0.29, 0.717) is 32.1 Å². The largest absolute Gasteiger partial charge is 0.466 e. The molecule has 6 heteroatoms. The average molecular weight is 654 g/mol. The lowest BCUT2D eigenvalue weighted by atomic mass is 9.94. The lowest BCUT2D eigenvalue weighted by Gasteiger charge is -2.21. The predicted octanol–water partition coefficient (Wildman–Crippen LogP) is 10.7. The molecule has 0 bridgehead atoms. The van der Waals surface area contributed by atoms with Gasteiger partial charge in [0.15, 0.2) is 0 Å². The highest BCUT2D eigenvalue weighted by Gasteiger charge is 2.19. The molecular weight excluding hydrogens is 574 g/mol. The molecule has 0 aromatic carbocycles. The first kappa shape index (κ1) is 44.9. The number of carbonyl (C=O) groups excluding carboxylic acids is 2. The van der Waals surface area contributed by atoms with Gasteiger partial charge in [-0.1, -0.05) is 137 Å². The Labute approximate surface area is 286 Å². The van der Waals surface area contributed by atoms with Crippen molar-refractivity contribution in [1.82, 2.24) is 4.90 Å². The fraction of sp³-hybridized carbons (Fsp3) is 0.950. The molecule has 2 atom stereocenters. The Morgan fingerprint density at radius 1 is 0.565 bits per heavy atom. The first-order chi connectivity index (χ1) is 22.3. The van der Waals surface area contributed by atoms with Crippen LogP contribution in [0.15, 0.2) is 0 Å². The van der Waals surface area contributed by atoms with E-state index in [4.69, 9.17) is 9.47 Å². The molecule has 0 aliphatic carbocycles. The third-order valence-corrected chi connectivity index (χ3v) is 9.38. The summed E-state index contributed by atoms with van der Waals surface area (Å²) >= 11 is 0. The van der Waals surface area contributed by atoms with Crippen LogP contribution in [0.25, 0.3) is 0 Å². The Bertz CT molecular complexity index is 670. The van der Waals surface area contributed by atoms with Crippen molar-refractivity contribution in [2.75, 3.05) is 39.5 Å². The molecule has 0 saturated heterocycles. The SMILES string of the molecule is CCCCCCCCC(CCCCCC)C(=O)OCCCCCCN(CCO)CCCCCC(=O)OCCC(C)CCCC(C)C. The van der Waals surface area contributed by atoms with Crippen molar-refractivity contribution in [3.8, 4) is 0 Å². The zero-order valence-electron chi connectivity index (χ0n) is 31.5. The highest BCUT2D eigenvalue weighted by molar-refractivity contribution is 5.72. The Kier molecular flexibility index (Phi) is 32.9. The number of aliphatic hydroxyl groups is 1. The molecule has 0 fully saturated rings. The lowest BCUT2D eigenvalue weighted by Crippen LogP contribution is -2.29. The topological polar surface area (TPSA) is 76.1 Å². The molecule has 0 aromatic rings. The number of hydrogen-bond donors (Lipinski definition) is 1. The maximum Gasteiger partial charge on any atom is 0.308 e. The van der Waals surface area contributed by atoms with Gasteiger partial charge in [0.25, 0.3) is 0 Å². The number of esters is 2. The minimum Gasteiger partial charge on any atom is -0.466 e. The molecule has 0 aliphatic rings. The molecule has 0 heterocycles. The molecule has 0 rings (SSSR count). The summed E-state index contributed by atoms with van der Waals surface area (Å²) in [6.45, 7) is 15.2. The summed E-state index contributed by atoms with van der Waals surface area (Å²) in [5.74, 6) is 1.43. The average Bonchev–Trinajstić information content (AvgIpc) is 3.02. The summed E-state index contributed by atoms with van der Waals surface area (Å²) in [5, 5.41) is 9.51. The van der Waals surface area contributed by atoms with Gasteiger partial charge in [0.05, 0.1) is 25.7 Å². The molecule has 0 amide bonds. The first-order valence-electron chi connectivity index (χ1n) is 20.0. The van der Waals surface area contributed by atoms with Gasteiger partial charge in [-0.15, -0.1) is 0 Å². The van der Waals surface area contributed by atoms with Gasteiger partial charge in [-0.25, -0.2) is 0 Å². The van der Waals surface area contributed by atoms with Crippen LogP contribution in [0.5, 0.6) is 0 Å². The molecule has 6 nitrogen and oxygen atoms in total. The van der Waals surface area contributed by atoms with Crippen molar-refractivity contribution in [2.24, 2.45) is 17.8 Å². The summed E-state index contributed by atoms with van der Waals surface area (Å²) in [5.41, 5.74) is 0. The third kappa shape index (κ3) is 30.2. The van der Waals surface area contributed by atoms with E-state index in [2.05, 4.69) is 39.5 Å². The quantitative estimate of drug-likeness (QED) is 0.0542. The molecule has 0 aliphatic heterocycles. The van der Waals surface area contributed by atoms with E-state index in [-0.39, 0.29) is 24.5 Å². The highest BCUT2D eigenvalue weighted by atomic mass is 16.5. The molecule has 1 N–H and O–H groups in total. The van der Waals surface area contributed by atoms with Crippen LogP contribution in [0.4, 0.5) is 0 Å². The summed E-state index contributed by atoms with van der Waals surface area (Å²) in [7, 11) is 0. The normalized spacial score (nSPS) is 13.0. The second-order valence-electron chi connectivity index (χ2n) is 14.5. The summed E-state index contributed by atoms with van der Waals surface area (Å²) in [4.78, 5) is 27.3. The van der Waals surface area contributed by atoms with Crippen molar-refractivity contribution < 1.29 is 24.2 Å². The zero-order valence-corrected chi connectivity index (χ0v) is 31.5. The molecule has 0 spiro atoms. The second-order valence-corrected chi connectivity index (χ2v) is 14.5. The number of ether oxygens (including phenoxy) is 2. The number of carbonyl (C=O) groups is 2. The number of unbranched alkanes of at least 4 members (excludes halogenated alkanes) is 13. The Morgan fingerprint density at radius 3 is 1.76 bits per heavy atom. The summed E-state index contributed by atoms with van der Waals surface area (Å²) < 4.78 is 11.2. The van der Waals surface area contributed by atoms with E-state index < -0.39 is 0 Å².